The third-order valence-electron chi connectivity index (χ3n) is 4.55. The highest BCUT2D eigenvalue weighted by molar-refractivity contribution is 7.15. The van der Waals surface area contributed by atoms with Gasteiger partial charge in [-0.05, 0) is 31.2 Å². The van der Waals surface area contributed by atoms with Crippen molar-refractivity contribution in [1.82, 2.24) is 9.38 Å². The molecule has 1 aliphatic rings. The van der Waals surface area contributed by atoms with Crippen molar-refractivity contribution in [3.8, 4) is 0 Å². The molecule has 0 aromatic carbocycles. The lowest BCUT2D eigenvalue weighted by atomic mass is 9.73. The van der Waals surface area contributed by atoms with Gasteiger partial charge in [0.25, 0.3) is 0 Å². The highest BCUT2D eigenvalue weighted by atomic mass is 32.1. The minimum absolute atomic E-state index is 0.296. The molecule has 1 fully saturated rings. The van der Waals surface area contributed by atoms with Gasteiger partial charge in [0.2, 0.25) is 0 Å². The van der Waals surface area contributed by atoms with Crippen LogP contribution in [0, 0.1) is 5.41 Å². The van der Waals surface area contributed by atoms with Crippen LogP contribution in [0.4, 0.5) is 0 Å². The number of thiazole rings is 1. The summed E-state index contributed by atoms with van der Waals surface area (Å²) in [6, 6.07) is 0. The number of rotatable bonds is 3. The molecule has 4 heteroatoms. The van der Waals surface area contributed by atoms with Gasteiger partial charge in [-0.1, -0.05) is 32.1 Å². The van der Waals surface area contributed by atoms with Crippen LogP contribution in [0.1, 0.15) is 50.6 Å². The topological polar surface area (TPSA) is 43.3 Å². The molecule has 2 aromatic heterocycles. The van der Waals surface area contributed by atoms with Crippen LogP contribution in [0.25, 0.3) is 4.96 Å². The molecule has 3 rings (SSSR count). The van der Waals surface area contributed by atoms with Crippen molar-refractivity contribution < 1.29 is 0 Å². The van der Waals surface area contributed by atoms with Crippen molar-refractivity contribution in [1.29, 1.82) is 0 Å². The minimum atomic E-state index is 0.296. The van der Waals surface area contributed by atoms with Crippen LogP contribution in [0.3, 0.4) is 0 Å². The molecule has 0 atom stereocenters. The van der Waals surface area contributed by atoms with E-state index >= 15 is 0 Å². The molecule has 2 N–H and O–H groups in total. The van der Waals surface area contributed by atoms with Crippen molar-refractivity contribution in [2.75, 3.05) is 6.54 Å². The van der Waals surface area contributed by atoms with Crippen LogP contribution < -0.4 is 5.73 Å². The predicted octanol–water partition coefficient (Wildman–Crippen LogP) is 3.63. The number of hydrogen-bond acceptors (Lipinski definition) is 3. The van der Waals surface area contributed by atoms with E-state index < -0.39 is 0 Å². The Morgan fingerprint density at radius 2 is 1.95 bits per heavy atom. The zero-order chi connectivity index (χ0) is 13.1. The van der Waals surface area contributed by atoms with Crippen LogP contribution in [0.2, 0.25) is 0 Å². The first-order valence-corrected chi connectivity index (χ1v) is 8.30. The number of nitrogens with two attached hydrogens (primary N) is 1. The summed E-state index contributed by atoms with van der Waals surface area (Å²) in [6.45, 7) is 0.804. The van der Waals surface area contributed by atoms with E-state index in [9.17, 15) is 0 Å². The Morgan fingerprint density at radius 3 is 2.63 bits per heavy atom. The van der Waals surface area contributed by atoms with Crippen LogP contribution in [-0.4, -0.2) is 15.9 Å². The lowest BCUT2D eigenvalue weighted by molar-refractivity contribution is 0.215. The molecule has 2 heterocycles. The van der Waals surface area contributed by atoms with Gasteiger partial charge in [-0.2, -0.15) is 0 Å². The molecular weight excluding hydrogens is 254 g/mol. The van der Waals surface area contributed by atoms with E-state index in [0.29, 0.717) is 5.41 Å². The van der Waals surface area contributed by atoms with E-state index in [1.807, 2.05) is 0 Å². The van der Waals surface area contributed by atoms with Gasteiger partial charge >= 0.3 is 0 Å². The predicted molar refractivity (Wildman–Crippen MR) is 80.6 cm³/mol. The largest absolute Gasteiger partial charge is 0.330 e. The first-order valence-electron chi connectivity index (χ1n) is 7.43. The smallest absolute Gasteiger partial charge is 0.193 e. The number of imidazole rings is 1. The second kappa shape index (κ2) is 5.63. The van der Waals surface area contributed by atoms with Crippen molar-refractivity contribution in [3.63, 3.8) is 0 Å². The molecule has 0 saturated heterocycles. The Labute approximate surface area is 118 Å². The third kappa shape index (κ3) is 2.84. The van der Waals surface area contributed by atoms with Crippen molar-refractivity contribution in [2.45, 2.75) is 51.4 Å². The number of fused-ring (bicyclic) bond motifs is 1. The summed E-state index contributed by atoms with van der Waals surface area (Å²) < 4.78 is 2.13. The van der Waals surface area contributed by atoms with Gasteiger partial charge in [0, 0.05) is 17.8 Å². The standard InChI is InChI=1S/C15H23N3S/c16-12-15(6-4-2-1-3-5-7-15)10-13-11-18-8-9-19-14(18)17-13/h8-9,11H,1-7,10,12,16H2. The average Bonchev–Trinajstić information content (AvgIpc) is 2.93. The summed E-state index contributed by atoms with van der Waals surface area (Å²) >= 11 is 1.70. The van der Waals surface area contributed by atoms with Gasteiger partial charge in [-0.25, -0.2) is 4.98 Å². The molecule has 1 aliphatic carbocycles. The zero-order valence-electron chi connectivity index (χ0n) is 11.5. The van der Waals surface area contributed by atoms with Crippen molar-refractivity contribution >= 4 is 16.3 Å². The van der Waals surface area contributed by atoms with Gasteiger partial charge < -0.3 is 5.73 Å². The molecule has 0 aliphatic heterocycles. The molecule has 0 amide bonds. The maximum Gasteiger partial charge on any atom is 0.193 e. The van der Waals surface area contributed by atoms with E-state index in [1.165, 1.54) is 50.6 Å². The second-order valence-electron chi connectivity index (χ2n) is 5.97. The fourth-order valence-corrected chi connectivity index (χ4v) is 4.07. The Bertz CT molecular complexity index is 492. The monoisotopic (exact) mass is 277 g/mol. The van der Waals surface area contributed by atoms with Crippen LogP contribution >= 0.6 is 11.3 Å². The van der Waals surface area contributed by atoms with Crippen LogP contribution in [0.15, 0.2) is 17.8 Å². The number of aromatic nitrogens is 2. The molecule has 0 radical (unpaired) electrons. The summed E-state index contributed by atoms with van der Waals surface area (Å²) in [7, 11) is 0. The minimum Gasteiger partial charge on any atom is -0.330 e. The van der Waals surface area contributed by atoms with Gasteiger partial charge in [0.15, 0.2) is 4.96 Å². The van der Waals surface area contributed by atoms with Crippen LogP contribution in [-0.2, 0) is 6.42 Å². The first kappa shape index (κ1) is 13.1. The number of hydrogen-bond donors (Lipinski definition) is 1. The maximum absolute atomic E-state index is 6.14. The Balaban J connectivity index is 1.78. The molecule has 1 saturated carbocycles. The highest BCUT2D eigenvalue weighted by Gasteiger charge is 2.30. The lowest BCUT2D eigenvalue weighted by Gasteiger charge is -2.33. The summed E-state index contributed by atoms with van der Waals surface area (Å²) in [5.74, 6) is 0. The highest BCUT2D eigenvalue weighted by Crippen LogP contribution is 2.36. The summed E-state index contributed by atoms with van der Waals surface area (Å²) in [6.07, 6.45) is 14.7. The van der Waals surface area contributed by atoms with E-state index in [0.717, 1.165) is 17.9 Å². The zero-order valence-corrected chi connectivity index (χ0v) is 12.3. The van der Waals surface area contributed by atoms with Gasteiger partial charge in [-0.15, -0.1) is 11.3 Å². The number of nitrogens with zero attached hydrogens (tertiary/aromatic N) is 2. The normalized spacial score (nSPS) is 20.3. The molecule has 0 unspecified atom stereocenters. The lowest BCUT2D eigenvalue weighted by Crippen LogP contribution is -2.33. The summed E-state index contributed by atoms with van der Waals surface area (Å²) in [4.78, 5) is 5.84. The molecular formula is C15H23N3S. The Morgan fingerprint density at radius 1 is 1.21 bits per heavy atom. The average molecular weight is 277 g/mol. The summed E-state index contributed by atoms with van der Waals surface area (Å²) in [5, 5.41) is 2.08. The Hall–Kier alpha value is -0.870. The molecule has 19 heavy (non-hydrogen) atoms. The molecule has 0 bridgehead atoms. The van der Waals surface area contributed by atoms with Gasteiger partial charge in [0.1, 0.15) is 0 Å². The SMILES string of the molecule is NCC1(Cc2cn3ccsc3n2)CCCCCCC1. The molecule has 0 spiro atoms. The van der Waals surface area contributed by atoms with Gasteiger partial charge in [0.05, 0.1) is 5.69 Å². The van der Waals surface area contributed by atoms with E-state index in [-0.39, 0.29) is 0 Å². The van der Waals surface area contributed by atoms with Crippen molar-refractivity contribution in [3.05, 3.63) is 23.5 Å². The first-order chi connectivity index (χ1) is 9.31. The van der Waals surface area contributed by atoms with Crippen LogP contribution in [0.5, 0.6) is 0 Å². The Kier molecular flexibility index (Phi) is 3.89. The quantitative estimate of drug-likeness (QED) is 0.931. The van der Waals surface area contributed by atoms with Crippen molar-refractivity contribution in [2.24, 2.45) is 11.1 Å². The maximum atomic E-state index is 6.14. The summed E-state index contributed by atoms with van der Waals surface area (Å²) in [5.41, 5.74) is 7.66. The van der Waals surface area contributed by atoms with E-state index in [2.05, 4.69) is 22.2 Å². The fraction of sp³-hybridized carbons (Fsp3) is 0.667. The van der Waals surface area contributed by atoms with E-state index in [1.54, 1.807) is 11.3 Å². The molecule has 104 valence electrons. The van der Waals surface area contributed by atoms with Gasteiger partial charge in [-0.3, -0.25) is 4.40 Å². The van der Waals surface area contributed by atoms with E-state index in [4.69, 9.17) is 10.7 Å². The third-order valence-corrected chi connectivity index (χ3v) is 5.32. The molecule has 3 nitrogen and oxygen atoms in total. The molecule has 2 aromatic rings. The fourth-order valence-electron chi connectivity index (χ4n) is 3.35. The second-order valence-corrected chi connectivity index (χ2v) is 6.85.